The van der Waals surface area contributed by atoms with Crippen molar-refractivity contribution in [2.24, 2.45) is 0 Å². The molecular weight excluding hydrogens is 204 g/mol. The highest BCUT2D eigenvalue weighted by Crippen LogP contribution is 2.22. The smallest absolute Gasteiger partial charge is 0.183 e. The van der Waals surface area contributed by atoms with E-state index in [1.165, 1.54) is 14.2 Å². The van der Waals surface area contributed by atoms with Gasteiger partial charge in [-0.3, -0.25) is 4.79 Å². The maximum Gasteiger partial charge on any atom is 0.183 e. The van der Waals surface area contributed by atoms with Gasteiger partial charge in [-0.1, -0.05) is 17.7 Å². The van der Waals surface area contributed by atoms with E-state index in [1.807, 2.05) is 0 Å². The van der Waals surface area contributed by atoms with Gasteiger partial charge in [0.25, 0.3) is 0 Å². The van der Waals surface area contributed by atoms with Gasteiger partial charge in [0, 0.05) is 25.3 Å². The minimum absolute atomic E-state index is 0.426. The molecule has 14 heavy (non-hydrogen) atoms. The van der Waals surface area contributed by atoms with Crippen LogP contribution < -0.4 is 0 Å². The van der Waals surface area contributed by atoms with Crippen LogP contribution in [0.5, 0.6) is 0 Å². The number of rotatable bonds is 4. The largest absolute Gasteiger partial charge is 0.352 e. The number of hydrogen-bond acceptors (Lipinski definition) is 3. The summed E-state index contributed by atoms with van der Waals surface area (Å²) >= 11 is 5.77. The van der Waals surface area contributed by atoms with Crippen molar-refractivity contribution in [3.8, 4) is 0 Å². The standard InChI is InChI=1S/C10H11ClO3/c1-13-10(14-2)7-3-4-9(11)8(5-7)6-12/h3-6,10H,1-2H3. The van der Waals surface area contributed by atoms with Crippen LogP contribution in [0.15, 0.2) is 18.2 Å². The molecule has 0 aliphatic carbocycles. The number of halogens is 1. The maximum absolute atomic E-state index is 10.6. The fraction of sp³-hybridized carbons (Fsp3) is 0.300. The van der Waals surface area contributed by atoms with Crippen LogP contribution in [0.1, 0.15) is 22.2 Å². The van der Waals surface area contributed by atoms with Gasteiger partial charge in [0.1, 0.15) is 0 Å². The summed E-state index contributed by atoms with van der Waals surface area (Å²) in [6.07, 6.45) is 0.236. The molecule has 76 valence electrons. The fourth-order valence-electron chi connectivity index (χ4n) is 1.17. The molecule has 0 aliphatic heterocycles. The predicted molar refractivity (Wildman–Crippen MR) is 53.6 cm³/mol. The van der Waals surface area contributed by atoms with Gasteiger partial charge in [0.15, 0.2) is 12.6 Å². The third kappa shape index (κ3) is 2.32. The van der Waals surface area contributed by atoms with Gasteiger partial charge in [-0.2, -0.15) is 0 Å². The Bertz CT molecular complexity index is 321. The molecule has 0 unspecified atom stereocenters. The molecule has 0 saturated heterocycles. The van der Waals surface area contributed by atoms with Crippen LogP contribution in [-0.2, 0) is 9.47 Å². The number of benzene rings is 1. The van der Waals surface area contributed by atoms with Gasteiger partial charge in [0.2, 0.25) is 0 Å². The van der Waals surface area contributed by atoms with Crippen LogP contribution in [0.2, 0.25) is 5.02 Å². The molecule has 0 saturated carbocycles. The number of hydrogen-bond donors (Lipinski definition) is 0. The highest BCUT2D eigenvalue weighted by Gasteiger charge is 2.10. The van der Waals surface area contributed by atoms with Crippen molar-refractivity contribution in [2.75, 3.05) is 14.2 Å². The molecule has 0 amide bonds. The zero-order valence-electron chi connectivity index (χ0n) is 7.99. The van der Waals surface area contributed by atoms with Gasteiger partial charge < -0.3 is 9.47 Å². The molecule has 4 heteroatoms. The first-order valence-electron chi connectivity index (χ1n) is 4.03. The van der Waals surface area contributed by atoms with Crippen molar-refractivity contribution in [3.63, 3.8) is 0 Å². The number of carbonyl (C=O) groups is 1. The number of carbonyl (C=O) groups excluding carboxylic acids is 1. The lowest BCUT2D eigenvalue weighted by atomic mass is 10.1. The highest BCUT2D eigenvalue weighted by molar-refractivity contribution is 6.32. The Kier molecular flexibility index (Phi) is 4.07. The second kappa shape index (κ2) is 5.10. The summed E-state index contributed by atoms with van der Waals surface area (Å²) in [5.74, 6) is 0. The monoisotopic (exact) mass is 214 g/mol. The molecule has 0 heterocycles. The Hall–Kier alpha value is -0.900. The average molecular weight is 215 g/mol. The molecular formula is C10H11ClO3. The molecule has 0 N–H and O–H groups in total. The molecule has 0 bridgehead atoms. The van der Waals surface area contributed by atoms with Crippen LogP contribution in [0.3, 0.4) is 0 Å². The van der Waals surface area contributed by atoms with Gasteiger partial charge >= 0.3 is 0 Å². The van der Waals surface area contributed by atoms with Gasteiger partial charge in [-0.25, -0.2) is 0 Å². The van der Waals surface area contributed by atoms with Crippen molar-refractivity contribution < 1.29 is 14.3 Å². The quantitative estimate of drug-likeness (QED) is 0.571. The Balaban J connectivity index is 3.04. The van der Waals surface area contributed by atoms with Crippen LogP contribution in [0, 0.1) is 0 Å². The van der Waals surface area contributed by atoms with E-state index in [-0.39, 0.29) is 0 Å². The summed E-state index contributed by atoms with van der Waals surface area (Å²) in [6, 6.07) is 5.05. The molecule has 1 aromatic rings. The van der Waals surface area contributed by atoms with Crippen molar-refractivity contribution in [1.29, 1.82) is 0 Å². The molecule has 0 atom stereocenters. The second-order valence-electron chi connectivity index (χ2n) is 2.70. The van der Waals surface area contributed by atoms with Gasteiger partial charge in [0.05, 0.1) is 5.02 Å². The summed E-state index contributed by atoms with van der Waals surface area (Å²) < 4.78 is 10.1. The summed E-state index contributed by atoms with van der Waals surface area (Å²) in [5, 5.41) is 0.426. The lowest BCUT2D eigenvalue weighted by molar-refractivity contribution is -0.106. The van der Waals surface area contributed by atoms with E-state index < -0.39 is 6.29 Å². The summed E-state index contributed by atoms with van der Waals surface area (Å²) in [6.45, 7) is 0. The number of aldehydes is 1. The first-order valence-corrected chi connectivity index (χ1v) is 4.41. The molecule has 0 radical (unpaired) electrons. The normalized spacial score (nSPS) is 10.6. The molecule has 0 aromatic heterocycles. The lowest BCUT2D eigenvalue weighted by Gasteiger charge is -2.14. The minimum atomic E-state index is -0.467. The van der Waals surface area contributed by atoms with Crippen LogP contribution in [0.25, 0.3) is 0 Å². The summed E-state index contributed by atoms with van der Waals surface area (Å²) in [5.41, 5.74) is 1.20. The number of ether oxygens (including phenoxy) is 2. The van der Waals surface area contributed by atoms with Crippen LogP contribution >= 0.6 is 11.6 Å². The SMILES string of the molecule is COC(OC)c1ccc(Cl)c(C=O)c1. The van der Waals surface area contributed by atoms with E-state index in [4.69, 9.17) is 21.1 Å². The van der Waals surface area contributed by atoms with Crippen molar-refractivity contribution in [1.82, 2.24) is 0 Å². The highest BCUT2D eigenvalue weighted by atomic mass is 35.5. The Morgan fingerprint density at radius 3 is 2.50 bits per heavy atom. The molecule has 1 aromatic carbocycles. The molecule has 3 nitrogen and oxygen atoms in total. The molecule has 0 aliphatic rings. The van der Waals surface area contributed by atoms with Crippen molar-refractivity contribution in [3.05, 3.63) is 34.3 Å². The van der Waals surface area contributed by atoms with E-state index >= 15 is 0 Å². The Labute approximate surface area is 87.6 Å². The third-order valence-corrected chi connectivity index (χ3v) is 2.19. The van der Waals surface area contributed by atoms with E-state index in [1.54, 1.807) is 18.2 Å². The van der Waals surface area contributed by atoms with Crippen LogP contribution in [0.4, 0.5) is 0 Å². The lowest BCUT2D eigenvalue weighted by Crippen LogP contribution is -2.04. The van der Waals surface area contributed by atoms with Crippen molar-refractivity contribution in [2.45, 2.75) is 6.29 Å². The minimum Gasteiger partial charge on any atom is -0.352 e. The predicted octanol–water partition coefficient (Wildman–Crippen LogP) is 2.44. The average Bonchev–Trinajstić information content (AvgIpc) is 2.22. The Morgan fingerprint density at radius 1 is 1.36 bits per heavy atom. The van der Waals surface area contributed by atoms with E-state index in [0.717, 1.165) is 5.56 Å². The summed E-state index contributed by atoms with van der Waals surface area (Å²) in [4.78, 5) is 10.6. The fourth-order valence-corrected chi connectivity index (χ4v) is 1.33. The summed E-state index contributed by atoms with van der Waals surface area (Å²) in [7, 11) is 3.06. The zero-order chi connectivity index (χ0) is 10.6. The third-order valence-electron chi connectivity index (χ3n) is 1.85. The molecule has 0 spiro atoms. The number of methoxy groups -OCH3 is 2. The molecule has 0 fully saturated rings. The first kappa shape index (κ1) is 11.2. The van der Waals surface area contributed by atoms with E-state index in [9.17, 15) is 4.79 Å². The maximum atomic E-state index is 10.6. The van der Waals surface area contributed by atoms with Crippen molar-refractivity contribution >= 4 is 17.9 Å². The first-order chi connectivity index (χ1) is 6.72. The second-order valence-corrected chi connectivity index (χ2v) is 3.11. The van der Waals surface area contributed by atoms with Gasteiger partial charge in [-0.05, 0) is 12.1 Å². The molecule has 1 rings (SSSR count). The zero-order valence-corrected chi connectivity index (χ0v) is 8.75. The van der Waals surface area contributed by atoms with Gasteiger partial charge in [-0.15, -0.1) is 0 Å². The Morgan fingerprint density at radius 2 is 2.00 bits per heavy atom. The van der Waals surface area contributed by atoms with Crippen LogP contribution in [-0.4, -0.2) is 20.5 Å². The van der Waals surface area contributed by atoms with E-state index in [0.29, 0.717) is 16.9 Å². The van der Waals surface area contributed by atoms with E-state index in [2.05, 4.69) is 0 Å². The topological polar surface area (TPSA) is 35.5 Å².